The Morgan fingerprint density at radius 1 is 1.24 bits per heavy atom. The zero-order valence-corrected chi connectivity index (χ0v) is 16.3. The first kappa shape index (κ1) is 20.5. The molecule has 4 rings (SSSR count). The molecule has 1 aromatic carbocycles. The van der Waals surface area contributed by atoms with Crippen LogP contribution in [0, 0.1) is 11.8 Å². The van der Waals surface area contributed by atoms with E-state index in [2.05, 4.69) is 27.9 Å². The van der Waals surface area contributed by atoms with Crippen LogP contribution in [-0.2, 0) is 11.0 Å². The predicted molar refractivity (Wildman–Crippen MR) is 98.8 cm³/mol. The third-order valence-corrected chi connectivity index (χ3v) is 6.09. The van der Waals surface area contributed by atoms with E-state index >= 15 is 0 Å². The van der Waals surface area contributed by atoms with Gasteiger partial charge in [-0.25, -0.2) is 10.4 Å². The molecule has 4 N–H and O–H groups in total. The molecule has 0 bridgehead atoms. The number of hydrazine groups is 1. The molecule has 3 heterocycles. The molecule has 0 radical (unpaired) electrons. The van der Waals surface area contributed by atoms with Crippen LogP contribution in [0.2, 0.25) is 0 Å². The number of aliphatic hydroxyl groups is 1. The highest BCUT2D eigenvalue weighted by molar-refractivity contribution is 5.81. The summed E-state index contributed by atoms with van der Waals surface area (Å²) in [5.74, 6) is -0.0840. The molecule has 0 saturated carbocycles. The lowest BCUT2D eigenvalue weighted by Crippen LogP contribution is -2.72. The van der Waals surface area contributed by atoms with Crippen molar-refractivity contribution in [1.29, 1.82) is 0 Å². The van der Waals surface area contributed by atoms with Crippen LogP contribution in [-0.4, -0.2) is 59.1 Å². The third kappa shape index (κ3) is 3.75. The molecule has 160 valence electrons. The van der Waals surface area contributed by atoms with Gasteiger partial charge in [-0.1, -0.05) is 19.1 Å². The average molecular weight is 413 g/mol. The van der Waals surface area contributed by atoms with Crippen molar-refractivity contribution in [3.05, 3.63) is 35.4 Å². The van der Waals surface area contributed by atoms with Gasteiger partial charge in [-0.2, -0.15) is 13.2 Å². The maximum absolute atomic E-state index is 12.9. The minimum atomic E-state index is -4.38. The zero-order valence-electron chi connectivity index (χ0n) is 16.3. The molecule has 4 unspecified atom stereocenters. The Balaban J connectivity index is 1.55. The summed E-state index contributed by atoms with van der Waals surface area (Å²) in [6.45, 7) is 5.53. The fourth-order valence-electron chi connectivity index (χ4n) is 4.46. The minimum absolute atomic E-state index is 0.146. The largest absolute Gasteiger partial charge is 0.416 e. The number of benzene rings is 1. The molecule has 3 aliphatic heterocycles. The van der Waals surface area contributed by atoms with Crippen molar-refractivity contribution < 1.29 is 23.1 Å². The summed E-state index contributed by atoms with van der Waals surface area (Å²) in [6, 6.07) is 4.25. The van der Waals surface area contributed by atoms with E-state index in [1.54, 1.807) is 0 Å². The van der Waals surface area contributed by atoms with Gasteiger partial charge in [0.2, 0.25) is 5.91 Å². The fraction of sp³-hybridized carbons (Fsp3) is 0.632. The lowest BCUT2D eigenvalue weighted by molar-refractivity contribution is -0.138. The SMILES string of the molecule is CC1CN(C2NC(=O)C3C(CO)NN([C@@H](C)c4ccc(C(F)(F)F)cc4)C3N2)C1. The van der Waals surface area contributed by atoms with Gasteiger partial charge < -0.3 is 10.4 Å². The number of alkyl halides is 3. The Morgan fingerprint density at radius 2 is 1.90 bits per heavy atom. The first-order chi connectivity index (χ1) is 13.7. The van der Waals surface area contributed by atoms with E-state index in [0.29, 0.717) is 11.5 Å². The first-order valence-electron chi connectivity index (χ1n) is 9.82. The van der Waals surface area contributed by atoms with E-state index in [-0.39, 0.29) is 31.0 Å². The van der Waals surface area contributed by atoms with Crippen LogP contribution < -0.4 is 16.1 Å². The standard InChI is InChI=1S/C19H26F3N5O2/c1-10-7-26(8-10)18-23-16-15(17(29)24-18)14(9-28)25-27(16)11(2)12-3-5-13(6-4-12)19(20,21)22/h3-6,10-11,14-16,18,23,25,28H,7-9H2,1-2H3,(H,24,29)/t11-,14?,15?,16?,18?/m0/s1. The molecule has 3 saturated heterocycles. The van der Waals surface area contributed by atoms with Crippen molar-refractivity contribution in [2.75, 3.05) is 19.7 Å². The highest BCUT2D eigenvalue weighted by atomic mass is 19.4. The Hall–Kier alpha value is -1.72. The molecular formula is C19H26F3N5O2. The maximum Gasteiger partial charge on any atom is 0.416 e. The van der Waals surface area contributed by atoms with E-state index in [0.717, 1.165) is 25.2 Å². The second-order valence-corrected chi connectivity index (χ2v) is 8.23. The second kappa shape index (κ2) is 7.51. The Morgan fingerprint density at radius 3 is 2.45 bits per heavy atom. The lowest BCUT2D eigenvalue weighted by atomic mass is 9.94. The van der Waals surface area contributed by atoms with Gasteiger partial charge in [0.25, 0.3) is 0 Å². The van der Waals surface area contributed by atoms with E-state index in [4.69, 9.17) is 0 Å². The summed E-state index contributed by atoms with van der Waals surface area (Å²) in [7, 11) is 0. The normalized spacial score (nSPS) is 32.6. The number of amides is 1. The molecule has 0 spiro atoms. The molecule has 7 nitrogen and oxygen atoms in total. The molecule has 0 aromatic heterocycles. The molecule has 10 heteroatoms. The summed E-state index contributed by atoms with van der Waals surface area (Å²) >= 11 is 0. The fourth-order valence-corrected chi connectivity index (χ4v) is 4.46. The average Bonchev–Trinajstić information content (AvgIpc) is 3.03. The van der Waals surface area contributed by atoms with Crippen LogP contribution in [0.1, 0.15) is 31.0 Å². The van der Waals surface area contributed by atoms with Gasteiger partial charge in [0.1, 0.15) is 6.29 Å². The number of halogens is 3. The summed E-state index contributed by atoms with van der Waals surface area (Å²) in [6.07, 6.45) is -5.08. The van der Waals surface area contributed by atoms with Gasteiger partial charge in [-0.15, -0.1) is 0 Å². The van der Waals surface area contributed by atoms with E-state index in [1.165, 1.54) is 12.1 Å². The maximum atomic E-state index is 12.9. The zero-order chi connectivity index (χ0) is 20.9. The van der Waals surface area contributed by atoms with Crippen LogP contribution in [0.15, 0.2) is 24.3 Å². The van der Waals surface area contributed by atoms with Gasteiger partial charge >= 0.3 is 6.18 Å². The topological polar surface area (TPSA) is 79.9 Å². The monoisotopic (exact) mass is 413 g/mol. The van der Waals surface area contributed by atoms with Gasteiger partial charge in [-0.3, -0.25) is 15.0 Å². The molecular weight excluding hydrogens is 387 g/mol. The highest BCUT2D eigenvalue weighted by Crippen LogP contribution is 2.34. The number of carbonyl (C=O) groups excluding carboxylic acids is 1. The van der Waals surface area contributed by atoms with Crippen LogP contribution >= 0.6 is 0 Å². The molecule has 5 atom stereocenters. The lowest BCUT2D eigenvalue weighted by Gasteiger charge is -2.48. The number of carbonyl (C=O) groups is 1. The number of rotatable bonds is 4. The number of hydrogen-bond acceptors (Lipinski definition) is 6. The number of fused-ring (bicyclic) bond motifs is 1. The van der Waals surface area contributed by atoms with Crippen LogP contribution in [0.5, 0.6) is 0 Å². The molecule has 1 aromatic rings. The number of nitrogens with one attached hydrogen (secondary N) is 3. The smallest absolute Gasteiger partial charge is 0.395 e. The van der Waals surface area contributed by atoms with Crippen molar-refractivity contribution in [3.8, 4) is 0 Å². The van der Waals surface area contributed by atoms with Gasteiger partial charge in [-0.05, 0) is 30.5 Å². The Kier molecular flexibility index (Phi) is 5.32. The predicted octanol–water partition coefficient (Wildman–Crippen LogP) is 0.845. The quantitative estimate of drug-likeness (QED) is 0.586. The molecule has 1 amide bonds. The van der Waals surface area contributed by atoms with Crippen LogP contribution in [0.25, 0.3) is 0 Å². The van der Waals surface area contributed by atoms with Crippen molar-refractivity contribution in [1.82, 2.24) is 26.0 Å². The Bertz CT molecular complexity index is 753. The number of hydrogen-bond donors (Lipinski definition) is 4. The van der Waals surface area contributed by atoms with Crippen molar-refractivity contribution >= 4 is 5.91 Å². The summed E-state index contributed by atoms with van der Waals surface area (Å²) in [5, 5.41) is 18.0. The number of aliphatic hydroxyl groups excluding tert-OH is 1. The molecule has 3 fully saturated rings. The third-order valence-electron chi connectivity index (χ3n) is 6.09. The van der Waals surface area contributed by atoms with Crippen molar-refractivity contribution in [2.45, 2.75) is 44.6 Å². The minimum Gasteiger partial charge on any atom is -0.395 e. The summed E-state index contributed by atoms with van der Waals surface area (Å²) in [5.41, 5.74) is 3.17. The van der Waals surface area contributed by atoms with Gasteiger partial charge in [0.15, 0.2) is 0 Å². The van der Waals surface area contributed by atoms with Crippen LogP contribution in [0.3, 0.4) is 0 Å². The molecule has 0 aliphatic carbocycles. The second-order valence-electron chi connectivity index (χ2n) is 8.23. The summed E-state index contributed by atoms with van der Waals surface area (Å²) in [4.78, 5) is 14.9. The van der Waals surface area contributed by atoms with Gasteiger partial charge in [0.05, 0.1) is 30.3 Å². The molecule has 3 aliphatic rings. The number of nitrogens with zero attached hydrogens (tertiary/aromatic N) is 2. The highest BCUT2D eigenvalue weighted by Gasteiger charge is 2.52. The van der Waals surface area contributed by atoms with Crippen molar-refractivity contribution in [2.24, 2.45) is 11.8 Å². The van der Waals surface area contributed by atoms with Crippen LogP contribution in [0.4, 0.5) is 13.2 Å². The number of likely N-dealkylation sites (tertiary alicyclic amines) is 1. The molecule has 29 heavy (non-hydrogen) atoms. The van der Waals surface area contributed by atoms with E-state index < -0.39 is 23.7 Å². The summed E-state index contributed by atoms with van der Waals surface area (Å²) < 4.78 is 38.6. The van der Waals surface area contributed by atoms with E-state index in [1.807, 2.05) is 11.9 Å². The van der Waals surface area contributed by atoms with E-state index in [9.17, 15) is 23.1 Å². The van der Waals surface area contributed by atoms with Crippen molar-refractivity contribution in [3.63, 3.8) is 0 Å². The Labute approximate surface area is 167 Å². The van der Waals surface area contributed by atoms with Gasteiger partial charge in [0, 0.05) is 19.1 Å². The first-order valence-corrected chi connectivity index (χ1v) is 9.82.